The largest absolute Gasteiger partial charge is 0.478 e. The van der Waals surface area contributed by atoms with Crippen molar-refractivity contribution in [3.8, 4) is 0 Å². The second-order valence-corrected chi connectivity index (χ2v) is 3.75. The van der Waals surface area contributed by atoms with Crippen molar-refractivity contribution in [1.82, 2.24) is 4.98 Å². The van der Waals surface area contributed by atoms with Crippen LogP contribution in [0.1, 0.15) is 10.4 Å². The average molecular weight is 202 g/mol. The van der Waals surface area contributed by atoms with Gasteiger partial charge in [0.2, 0.25) is 10.0 Å². The molecule has 0 saturated heterocycles. The Morgan fingerprint density at radius 1 is 1.54 bits per heavy atom. The Morgan fingerprint density at radius 2 is 2.15 bits per heavy atom. The fourth-order valence-electron chi connectivity index (χ4n) is 0.783. The summed E-state index contributed by atoms with van der Waals surface area (Å²) >= 11 is 0. The maximum Gasteiger partial charge on any atom is 0.337 e. The Balaban J connectivity index is 3.46. The Hall–Kier alpha value is -1.47. The van der Waals surface area contributed by atoms with E-state index in [9.17, 15) is 13.2 Å². The zero-order valence-corrected chi connectivity index (χ0v) is 7.15. The summed E-state index contributed by atoms with van der Waals surface area (Å²) in [6.45, 7) is 0. The molecule has 0 spiro atoms. The molecule has 0 aliphatic carbocycles. The van der Waals surface area contributed by atoms with E-state index in [0.717, 1.165) is 12.3 Å². The molecule has 3 N–H and O–H groups in total. The van der Waals surface area contributed by atoms with Gasteiger partial charge in [0, 0.05) is 12.4 Å². The molecular weight excluding hydrogens is 196 g/mol. The second-order valence-electron chi connectivity index (χ2n) is 2.22. The lowest BCUT2D eigenvalue weighted by Gasteiger charge is -2.00. The third-order valence-electron chi connectivity index (χ3n) is 1.32. The number of primary sulfonamides is 1. The molecule has 0 aliphatic heterocycles. The standard InChI is InChI=1S/C6H6N2O4S/c7-13(11,12)5-3-8-2-1-4(5)6(9)10/h1-3H,(H,9,10)(H2,7,11,12). The molecule has 70 valence electrons. The number of aromatic nitrogens is 1. The van der Waals surface area contributed by atoms with E-state index in [1.54, 1.807) is 0 Å². The molecule has 0 radical (unpaired) electrons. The summed E-state index contributed by atoms with van der Waals surface area (Å²) in [6, 6.07) is 1.07. The molecule has 1 aromatic heterocycles. The zero-order valence-electron chi connectivity index (χ0n) is 6.34. The summed E-state index contributed by atoms with van der Waals surface area (Å²) in [5.41, 5.74) is -0.377. The highest BCUT2D eigenvalue weighted by Gasteiger charge is 2.18. The highest BCUT2D eigenvalue weighted by atomic mass is 32.2. The molecule has 0 saturated carbocycles. The molecule has 1 aromatic rings. The summed E-state index contributed by atoms with van der Waals surface area (Å²) in [7, 11) is -4.02. The van der Waals surface area contributed by atoms with E-state index in [-0.39, 0.29) is 5.56 Å². The molecule has 1 heterocycles. The van der Waals surface area contributed by atoms with E-state index in [0.29, 0.717) is 0 Å². The van der Waals surface area contributed by atoms with Gasteiger partial charge in [-0.25, -0.2) is 18.4 Å². The van der Waals surface area contributed by atoms with E-state index in [1.807, 2.05) is 0 Å². The minimum absolute atomic E-state index is 0.377. The van der Waals surface area contributed by atoms with Gasteiger partial charge in [0.05, 0.1) is 5.56 Å². The molecule has 6 nitrogen and oxygen atoms in total. The fraction of sp³-hybridized carbons (Fsp3) is 0. The van der Waals surface area contributed by atoms with Gasteiger partial charge >= 0.3 is 5.97 Å². The lowest BCUT2D eigenvalue weighted by molar-refractivity contribution is 0.0692. The van der Waals surface area contributed by atoms with Crippen LogP contribution in [0.2, 0.25) is 0 Å². The quantitative estimate of drug-likeness (QED) is 0.667. The molecule has 0 aromatic carbocycles. The van der Waals surface area contributed by atoms with Crippen LogP contribution in [0.5, 0.6) is 0 Å². The first-order chi connectivity index (χ1) is 5.93. The van der Waals surface area contributed by atoms with E-state index in [1.165, 1.54) is 6.20 Å². The SMILES string of the molecule is NS(=O)(=O)c1cnccc1C(=O)O. The van der Waals surface area contributed by atoms with Crippen LogP contribution >= 0.6 is 0 Å². The number of pyridine rings is 1. The number of aromatic carboxylic acids is 1. The molecule has 7 heteroatoms. The van der Waals surface area contributed by atoms with Crippen LogP contribution in [-0.2, 0) is 10.0 Å². The minimum atomic E-state index is -4.02. The summed E-state index contributed by atoms with van der Waals surface area (Å²) in [5, 5.41) is 13.3. The third-order valence-corrected chi connectivity index (χ3v) is 2.26. The van der Waals surface area contributed by atoms with Gasteiger partial charge in [-0.15, -0.1) is 0 Å². The van der Waals surface area contributed by atoms with Crippen LogP contribution < -0.4 is 5.14 Å². The van der Waals surface area contributed by atoms with E-state index in [4.69, 9.17) is 10.2 Å². The number of nitrogens with zero attached hydrogens (tertiary/aromatic N) is 1. The fourth-order valence-corrected chi connectivity index (χ4v) is 1.45. The number of hydrogen-bond acceptors (Lipinski definition) is 4. The summed E-state index contributed by atoms with van der Waals surface area (Å²) in [6.07, 6.45) is 2.08. The van der Waals surface area contributed by atoms with Gasteiger partial charge in [-0.05, 0) is 6.07 Å². The van der Waals surface area contributed by atoms with Crippen molar-refractivity contribution in [2.45, 2.75) is 4.90 Å². The molecule has 13 heavy (non-hydrogen) atoms. The number of nitrogens with two attached hydrogens (primary N) is 1. The number of sulfonamides is 1. The number of hydrogen-bond donors (Lipinski definition) is 2. The van der Waals surface area contributed by atoms with Gasteiger partial charge in [-0.2, -0.15) is 0 Å². The van der Waals surface area contributed by atoms with Gasteiger partial charge in [-0.3, -0.25) is 4.98 Å². The van der Waals surface area contributed by atoms with Crippen LogP contribution in [0.15, 0.2) is 23.4 Å². The average Bonchev–Trinajstić information content (AvgIpc) is 2.03. The first-order valence-electron chi connectivity index (χ1n) is 3.13. The lowest BCUT2D eigenvalue weighted by Crippen LogP contribution is -2.16. The van der Waals surface area contributed by atoms with Gasteiger partial charge in [0.15, 0.2) is 0 Å². The summed E-state index contributed by atoms with van der Waals surface area (Å²) in [4.78, 5) is 13.5. The van der Waals surface area contributed by atoms with Gasteiger partial charge in [0.1, 0.15) is 4.90 Å². The van der Waals surface area contributed by atoms with Crippen molar-refractivity contribution >= 4 is 16.0 Å². The molecule has 0 fully saturated rings. The van der Waals surface area contributed by atoms with Crippen LogP contribution in [0.25, 0.3) is 0 Å². The highest BCUT2D eigenvalue weighted by molar-refractivity contribution is 7.89. The van der Waals surface area contributed by atoms with Crippen LogP contribution in [0.3, 0.4) is 0 Å². The molecule has 1 rings (SSSR count). The monoisotopic (exact) mass is 202 g/mol. The van der Waals surface area contributed by atoms with Gasteiger partial charge in [0.25, 0.3) is 0 Å². The predicted octanol–water partition coefficient (Wildman–Crippen LogP) is -0.573. The van der Waals surface area contributed by atoms with Crippen LogP contribution in [0, 0.1) is 0 Å². The Bertz CT molecular complexity index is 440. The topological polar surface area (TPSA) is 110 Å². The van der Waals surface area contributed by atoms with Crippen LogP contribution in [-0.4, -0.2) is 24.5 Å². The Morgan fingerprint density at radius 3 is 2.54 bits per heavy atom. The van der Waals surface area contributed by atoms with Crippen molar-refractivity contribution < 1.29 is 18.3 Å². The second kappa shape index (κ2) is 3.11. The van der Waals surface area contributed by atoms with Crippen molar-refractivity contribution in [2.24, 2.45) is 5.14 Å². The number of carboxylic acids is 1. The van der Waals surface area contributed by atoms with Crippen LogP contribution in [0.4, 0.5) is 0 Å². The molecular formula is C6H6N2O4S. The Labute approximate surface area is 74.1 Å². The number of rotatable bonds is 2. The first kappa shape index (κ1) is 9.62. The van der Waals surface area contributed by atoms with E-state index in [2.05, 4.69) is 4.98 Å². The van der Waals surface area contributed by atoms with Crippen molar-refractivity contribution in [3.05, 3.63) is 24.0 Å². The summed E-state index contributed by atoms with van der Waals surface area (Å²) < 4.78 is 21.7. The summed E-state index contributed by atoms with van der Waals surface area (Å²) in [5.74, 6) is -1.36. The zero-order chi connectivity index (χ0) is 10.1. The van der Waals surface area contributed by atoms with E-state index >= 15 is 0 Å². The Kier molecular flexibility index (Phi) is 2.30. The van der Waals surface area contributed by atoms with Crippen molar-refractivity contribution in [1.29, 1.82) is 0 Å². The highest BCUT2D eigenvalue weighted by Crippen LogP contribution is 2.11. The molecule has 0 bridgehead atoms. The maximum absolute atomic E-state index is 10.8. The van der Waals surface area contributed by atoms with Gasteiger partial charge < -0.3 is 5.11 Å². The molecule has 0 unspecified atom stereocenters. The molecule has 0 aliphatic rings. The predicted molar refractivity (Wildman–Crippen MR) is 42.6 cm³/mol. The first-order valence-corrected chi connectivity index (χ1v) is 4.67. The smallest absolute Gasteiger partial charge is 0.337 e. The minimum Gasteiger partial charge on any atom is -0.478 e. The normalized spacial score (nSPS) is 11.2. The number of carboxylic acid groups (broad SMARTS) is 1. The number of carbonyl (C=O) groups is 1. The van der Waals surface area contributed by atoms with Crippen molar-refractivity contribution in [2.75, 3.05) is 0 Å². The third kappa shape index (κ3) is 2.01. The molecule has 0 atom stereocenters. The molecule has 0 amide bonds. The maximum atomic E-state index is 10.8. The lowest BCUT2D eigenvalue weighted by atomic mass is 10.3. The van der Waals surface area contributed by atoms with Crippen molar-refractivity contribution in [3.63, 3.8) is 0 Å². The van der Waals surface area contributed by atoms with E-state index < -0.39 is 20.9 Å². The van der Waals surface area contributed by atoms with Gasteiger partial charge in [-0.1, -0.05) is 0 Å².